The van der Waals surface area contributed by atoms with Crippen molar-refractivity contribution in [1.29, 1.82) is 0 Å². The smallest absolute Gasteiger partial charge is 0.119 e. The third kappa shape index (κ3) is 6.92. The normalized spacial score (nSPS) is 21.2. The third-order valence-electron chi connectivity index (χ3n) is 5.58. The SMILES string of the molecule is CC(C)Oc1ccc(C[NH2+]CC[C@H](C(C)C)[C@H]2CCOC(C)(C)C2)cc1. The van der Waals surface area contributed by atoms with Crippen molar-refractivity contribution in [3.05, 3.63) is 29.8 Å². The summed E-state index contributed by atoms with van der Waals surface area (Å²) in [7, 11) is 0. The second-order valence-corrected chi connectivity index (χ2v) is 9.15. The van der Waals surface area contributed by atoms with E-state index in [1.807, 2.05) is 0 Å². The summed E-state index contributed by atoms with van der Waals surface area (Å²) in [5.41, 5.74) is 1.42. The summed E-state index contributed by atoms with van der Waals surface area (Å²) in [6.07, 6.45) is 3.96. The maximum Gasteiger partial charge on any atom is 0.119 e. The van der Waals surface area contributed by atoms with Crippen molar-refractivity contribution in [2.24, 2.45) is 17.8 Å². The van der Waals surface area contributed by atoms with Crippen LogP contribution in [0.25, 0.3) is 0 Å². The Morgan fingerprint density at radius 3 is 2.42 bits per heavy atom. The molecule has 1 aliphatic rings. The van der Waals surface area contributed by atoms with E-state index in [9.17, 15) is 0 Å². The molecule has 3 nitrogen and oxygen atoms in total. The van der Waals surface area contributed by atoms with Crippen molar-refractivity contribution in [3.8, 4) is 5.75 Å². The molecule has 148 valence electrons. The van der Waals surface area contributed by atoms with Crippen LogP contribution in [-0.4, -0.2) is 24.9 Å². The maximum absolute atomic E-state index is 5.92. The van der Waals surface area contributed by atoms with Crippen LogP contribution in [0.2, 0.25) is 0 Å². The average Bonchev–Trinajstić information content (AvgIpc) is 2.54. The largest absolute Gasteiger partial charge is 0.491 e. The van der Waals surface area contributed by atoms with E-state index in [1.54, 1.807) is 0 Å². The van der Waals surface area contributed by atoms with E-state index in [2.05, 4.69) is 71.1 Å². The van der Waals surface area contributed by atoms with E-state index in [-0.39, 0.29) is 11.7 Å². The highest BCUT2D eigenvalue weighted by Crippen LogP contribution is 2.37. The Labute approximate surface area is 160 Å². The van der Waals surface area contributed by atoms with Gasteiger partial charge in [0.1, 0.15) is 12.3 Å². The topological polar surface area (TPSA) is 35.1 Å². The zero-order chi connectivity index (χ0) is 19.2. The highest BCUT2D eigenvalue weighted by Gasteiger charge is 2.34. The second kappa shape index (κ2) is 9.75. The molecule has 1 aromatic rings. The lowest BCUT2D eigenvalue weighted by Gasteiger charge is -2.40. The lowest BCUT2D eigenvalue weighted by atomic mass is 9.73. The number of rotatable bonds is 9. The van der Waals surface area contributed by atoms with Gasteiger partial charge in [-0.05, 0) is 89.0 Å². The molecule has 3 heteroatoms. The van der Waals surface area contributed by atoms with Gasteiger partial charge in [0.05, 0.1) is 18.2 Å². The van der Waals surface area contributed by atoms with Crippen molar-refractivity contribution in [2.75, 3.05) is 13.2 Å². The van der Waals surface area contributed by atoms with Gasteiger partial charge in [0.25, 0.3) is 0 Å². The van der Waals surface area contributed by atoms with Crippen LogP contribution < -0.4 is 10.1 Å². The number of hydrogen-bond donors (Lipinski definition) is 1. The van der Waals surface area contributed by atoms with E-state index >= 15 is 0 Å². The molecule has 2 atom stereocenters. The van der Waals surface area contributed by atoms with E-state index in [4.69, 9.17) is 9.47 Å². The van der Waals surface area contributed by atoms with Crippen LogP contribution >= 0.6 is 0 Å². The first kappa shape index (κ1) is 21.2. The molecule has 1 saturated heterocycles. The first-order valence-electron chi connectivity index (χ1n) is 10.5. The molecule has 2 rings (SSSR count). The number of nitrogens with two attached hydrogens (primary N) is 1. The van der Waals surface area contributed by atoms with Crippen LogP contribution in [0.3, 0.4) is 0 Å². The monoisotopic (exact) mass is 362 g/mol. The molecule has 0 unspecified atom stereocenters. The molecule has 2 N–H and O–H groups in total. The van der Waals surface area contributed by atoms with Gasteiger partial charge >= 0.3 is 0 Å². The van der Waals surface area contributed by atoms with E-state index in [0.717, 1.165) is 36.7 Å². The molecule has 0 amide bonds. The van der Waals surface area contributed by atoms with Crippen molar-refractivity contribution < 1.29 is 14.8 Å². The summed E-state index contributed by atoms with van der Waals surface area (Å²) in [6, 6.07) is 8.55. The highest BCUT2D eigenvalue weighted by atomic mass is 16.5. The Bertz CT molecular complexity index is 522. The average molecular weight is 363 g/mol. The molecule has 1 aliphatic heterocycles. The fraction of sp³-hybridized carbons (Fsp3) is 0.739. The Morgan fingerprint density at radius 2 is 1.85 bits per heavy atom. The van der Waals surface area contributed by atoms with Gasteiger partial charge in [0.2, 0.25) is 0 Å². The van der Waals surface area contributed by atoms with Crippen LogP contribution in [0.1, 0.15) is 66.4 Å². The van der Waals surface area contributed by atoms with Crippen LogP contribution in [0, 0.1) is 17.8 Å². The Balaban J connectivity index is 1.77. The molecular formula is C23H40NO2+. The lowest BCUT2D eigenvalue weighted by Crippen LogP contribution is -2.82. The molecule has 0 bridgehead atoms. The predicted molar refractivity (Wildman–Crippen MR) is 108 cm³/mol. The van der Waals surface area contributed by atoms with Crippen LogP contribution in [0.4, 0.5) is 0 Å². The van der Waals surface area contributed by atoms with Gasteiger partial charge < -0.3 is 14.8 Å². The summed E-state index contributed by atoms with van der Waals surface area (Å²) in [4.78, 5) is 0. The van der Waals surface area contributed by atoms with Crippen molar-refractivity contribution in [2.45, 2.75) is 79.1 Å². The Hall–Kier alpha value is -1.06. The second-order valence-electron chi connectivity index (χ2n) is 9.15. The fourth-order valence-electron chi connectivity index (χ4n) is 4.31. The maximum atomic E-state index is 5.92. The summed E-state index contributed by atoms with van der Waals surface area (Å²) >= 11 is 0. The molecule has 0 radical (unpaired) electrons. The van der Waals surface area contributed by atoms with Crippen LogP contribution in [0.15, 0.2) is 24.3 Å². The number of benzene rings is 1. The summed E-state index contributed by atoms with van der Waals surface area (Å²) in [5, 5.41) is 2.46. The van der Waals surface area contributed by atoms with Gasteiger partial charge in [-0.3, -0.25) is 0 Å². The van der Waals surface area contributed by atoms with E-state index < -0.39 is 0 Å². The van der Waals surface area contributed by atoms with Crippen LogP contribution in [0.5, 0.6) is 5.75 Å². The molecule has 0 aromatic heterocycles. The molecular weight excluding hydrogens is 322 g/mol. The first-order valence-corrected chi connectivity index (χ1v) is 10.5. The number of ether oxygens (including phenoxy) is 2. The molecule has 0 aliphatic carbocycles. The van der Waals surface area contributed by atoms with Crippen molar-refractivity contribution >= 4 is 0 Å². The predicted octanol–water partition coefficient (Wildman–Crippen LogP) is 4.40. The third-order valence-corrected chi connectivity index (χ3v) is 5.58. The molecule has 0 spiro atoms. The summed E-state index contributed by atoms with van der Waals surface area (Å²) in [5.74, 6) is 3.32. The first-order chi connectivity index (χ1) is 12.3. The fourth-order valence-corrected chi connectivity index (χ4v) is 4.31. The standard InChI is InChI=1S/C23H39NO2/c1-17(2)22(20-12-14-25-23(5,6)15-20)11-13-24-16-19-7-9-21(10-8-19)26-18(3)4/h7-10,17-18,20,22,24H,11-16H2,1-6H3/p+1/t20-,22+/m0/s1. The van der Waals surface area contributed by atoms with Gasteiger partial charge in [-0.15, -0.1) is 0 Å². The molecule has 0 saturated carbocycles. The molecule has 1 aromatic carbocycles. The van der Waals surface area contributed by atoms with Gasteiger partial charge in [0, 0.05) is 12.2 Å². The van der Waals surface area contributed by atoms with E-state index in [1.165, 1.54) is 31.4 Å². The number of quaternary nitrogens is 1. The minimum Gasteiger partial charge on any atom is -0.491 e. The Kier molecular flexibility index (Phi) is 7.97. The van der Waals surface area contributed by atoms with Gasteiger partial charge in [-0.25, -0.2) is 0 Å². The number of hydrogen-bond acceptors (Lipinski definition) is 2. The minimum atomic E-state index is 0.0551. The van der Waals surface area contributed by atoms with Crippen molar-refractivity contribution in [3.63, 3.8) is 0 Å². The summed E-state index contributed by atoms with van der Waals surface area (Å²) < 4.78 is 11.6. The Morgan fingerprint density at radius 1 is 1.15 bits per heavy atom. The minimum absolute atomic E-state index is 0.0551. The quantitative estimate of drug-likeness (QED) is 0.661. The van der Waals surface area contributed by atoms with Crippen molar-refractivity contribution in [1.82, 2.24) is 0 Å². The zero-order valence-electron chi connectivity index (χ0n) is 17.8. The molecule has 26 heavy (non-hydrogen) atoms. The molecule has 1 heterocycles. The van der Waals surface area contributed by atoms with Gasteiger partial charge in [-0.2, -0.15) is 0 Å². The highest BCUT2D eigenvalue weighted by molar-refractivity contribution is 5.26. The van der Waals surface area contributed by atoms with Crippen LogP contribution in [-0.2, 0) is 11.3 Å². The van der Waals surface area contributed by atoms with Gasteiger partial charge in [0.15, 0.2) is 0 Å². The van der Waals surface area contributed by atoms with E-state index in [0.29, 0.717) is 0 Å². The lowest BCUT2D eigenvalue weighted by molar-refractivity contribution is -0.671. The zero-order valence-corrected chi connectivity index (χ0v) is 17.8. The molecule has 1 fully saturated rings. The van der Waals surface area contributed by atoms with Gasteiger partial charge in [-0.1, -0.05) is 13.8 Å². The summed E-state index contributed by atoms with van der Waals surface area (Å²) in [6.45, 7) is 16.6.